The van der Waals surface area contributed by atoms with E-state index in [0.717, 1.165) is 25.5 Å². The fourth-order valence-electron chi connectivity index (χ4n) is 5.94. The van der Waals surface area contributed by atoms with Gasteiger partial charge in [-0.1, -0.05) is 65.7 Å². The van der Waals surface area contributed by atoms with Gasteiger partial charge in [-0.05, 0) is 73.7 Å². The van der Waals surface area contributed by atoms with Gasteiger partial charge in [0, 0.05) is 25.1 Å². The minimum absolute atomic E-state index is 0. The molecule has 2 aliphatic rings. The van der Waals surface area contributed by atoms with Gasteiger partial charge in [-0.25, -0.2) is 23.0 Å². The molecular weight excluding hydrogens is 783 g/mol. The van der Waals surface area contributed by atoms with Crippen LogP contribution in [0, 0.1) is 5.92 Å². The molecule has 55 heavy (non-hydrogen) atoms. The summed E-state index contributed by atoms with van der Waals surface area (Å²) in [6, 6.07) is 16.3. The molecule has 12 nitrogen and oxygen atoms in total. The number of aromatic nitrogens is 1. The predicted octanol–water partition coefficient (Wildman–Crippen LogP) is 6.43. The maximum Gasteiger partial charge on any atom is 0.387 e. The zero-order valence-corrected chi connectivity index (χ0v) is 31.8. The van der Waals surface area contributed by atoms with E-state index in [1.807, 2.05) is 11.9 Å². The summed E-state index contributed by atoms with van der Waals surface area (Å²) in [5.41, 5.74) is 1.01. The van der Waals surface area contributed by atoms with Gasteiger partial charge in [0.15, 0.2) is 23.9 Å². The van der Waals surface area contributed by atoms with Crippen LogP contribution >= 0.6 is 23.2 Å². The van der Waals surface area contributed by atoms with Gasteiger partial charge in [0.2, 0.25) is 10.0 Å². The molecule has 2 heterocycles. The summed E-state index contributed by atoms with van der Waals surface area (Å²) in [5, 5.41) is 0.494. The highest BCUT2D eigenvalue weighted by Gasteiger charge is 2.33. The van der Waals surface area contributed by atoms with Crippen molar-refractivity contribution in [3.05, 3.63) is 117 Å². The van der Waals surface area contributed by atoms with Crippen LogP contribution in [0.2, 0.25) is 10.0 Å². The lowest BCUT2D eigenvalue weighted by molar-refractivity contribution is -0.377. The van der Waals surface area contributed by atoms with Gasteiger partial charge in [-0.15, -0.1) is 0 Å². The Labute approximate surface area is 327 Å². The molecule has 4 aromatic rings. The van der Waals surface area contributed by atoms with E-state index < -0.39 is 46.8 Å². The zero-order chi connectivity index (χ0) is 38.4. The van der Waals surface area contributed by atoms with Gasteiger partial charge in [0.25, 0.3) is 0 Å². The van der Waals surface area contributed by atoms with Crippen molar-refractivity contribution >= 4 is 45.2 Å². The van der Waals surface area contributed by atoms with Crippen LogP contribution in [0.5, 0.6) is 11.5 Å². The molecule has 6 rings (SSSR count). The molecule has 3 atom stereocenters. The molecule has 2 fully saturated rings. The first-order valence-corrected chi connectivity index (χ1v) is 19.4. The van der Waals surface area contributed by atoms with E-state index in [1.165, 1.54) is 48.8 Å². The average Bonchev–Trinajstić information content (AvgIpc) is 3.90. The number of carbonyl (C=O) groups is 2. The number of nitrogens with one attached hydrogen (secondary N) is 2. The van der Waals surface area contributed by atoms with Crippen LogP contribution in [0.3, 0.4) is 0 Å². The molecule has 1 saturated carbocycles. The van der Waals surface area contributed by atoms with Crippen LogP contribution in [0.15, 0.2) is 90.1 Å². The highest BCUT2D eigenvalue weighted by molar-refractivity contribution is 7.89. The van der Waals surface area contributed by atoms with Crippen molar-refractivity contribution < 1.29 is 56.2 Å². The van der Waals surface area contributed by atoms with Crippen LogP contribution in [0.1, 0.15) is 58.5 Å². The number of nitrogens with zero attached hydrogens (tertiary/aromatic N) is 1. The molecule has 0 spiro atoms. The van der Waals surface area contributed by atoms with Crippen molar-refractivity contribution in [2.45, 2.75) is 55.4 Å². The Hall–Kier alpha value is -4.38. The highest BCUT2D eigenvalue weighted by Crippen LogP contribution is 2.38. The van der Waals surface area contributed by atoms with Gasteiger partial charge in [0.05, 0.1) is 17.1 Å². The van der Waals surface area contributed by atoms with E-state index in [2.05, 4.69) is 14.4 Å². The quantitative estimate of drug-likeness (QED) is 0.125. The first kappa shape index (κ1) is 41.8. The number of likely N-dealkylation sites (tertiary alicyclic amines) is 1. The minimum Gasteiger partial charge on any atom is -0.870 e. The number of aromatic amines is 1. The van der Waals surface area contributed by atoms with Gasteiger partial charge in [0.1, 0.15) is 28.3 Å². The van der Waals surface area contributed by atoms with Crippen LogP contribution in [0.25, 0.3) is 0 Å². The molecule has 0 radical (unpaired) electrons. The molecule has 1 aliphatic carbocycles. The van der Waals surface area contributed by atoms with Crippen LogP contribution < -0.4 is 19.2 Å². The van der Waals surface area contributed by atoms with E-state index in [1.54, 1.807) is 30.3 Å². The third-order valence-electron chi connectivity index (χ3n) is 9.02. The van der Waals surface area contributed by atoms with Crippen LogP contribution in [-0.2, 0) is 30.7 Å². The molecular formula is C38H39Cl2F2N3O9S. The van der Waals surface area contributed by atoms with Gasteiger partial charge >= 0.3 is 18.6 Å². The number of ether oxygens (including phenoxy) is 4. The van der Waals surface area contributed by atoms with Crippen LogP contribution in [0.4, 0.5) is 8.78 Å². The molecule has 17 heteroatoms. The number of rotatable bonds is 16. The van der Waals surface area contributed by atoms with Gasteiger partial charge in [-0.2, -0.15) is 13.5 Å². The second-order valence-corrected chi connectivity index (χ2v) is 15.7. The van der Waals surface area contributed by atoms with E-state index in [9.17, 15) is 26.8 Å². The smallest absolute Gasteiger partial charge is 0.387 e. The summed E-state index contributed by atoms with van der Waals surface area (Å²) in [4.78, 5) is 31.7. The second-order valence-electron chi connectivity index (χ2n) is 13.2. The molecule has 2 unspecified atom stereocenters. The maximum atomic E-state index is 13.8. The maximum absolute atomic E-state index is 13.8. The first-order valence-electron chi connectivity index (χ1n) is 17.2. The normalized spacial score (nSPS) is 16.9. The molecule has 0 amide bonds. The average molecular weight is 823 g/mol. The standard InChI is InChI=1S/C38H37Cl2F2N3O8S.H2O/c1-45-15-14-27(21-45)51-37(47)35(24-6-3-2-4-7-24)44-54(48,49)28-9-5-8-26(16-28)36(46)52-33(18-29-30(39)19-43-20-31(29)40)25-12-13-32(53-38(41)42)34(17-25)50-22-23-10-11-23;/h2-9,12-13,16-17,19-20,23,27,33,35,38,44H,10-11,14-15,18,21-22H2,1H3;1H2/t27?,33-,35?;/m0./s1. The predicted molar refractivity (Wildman–Crippen MR) is 196 cm³/mol. The molecule has 1 aliphatic heterocycles. The van der Waals surface area contributed by atoms with E-state index in [0.29, 0.717) is 35.6 Å². The summed E-state index contributed by atoms with van der Waals surface area (Å²) >= 11 is 12.9. The topological polar surface area (TPSA) is 165 Å². The van der Waals surface area contributed by atoms with Crippen molar-refractivity contribution in [2.75, 3.05) is 26.7 Å². The SMILES string of the molecule is CN1CCC(OC(=O)C(NS(=O)(=O)c2cccc(C(=O)O[C@@H](Cc3c(Cl)c[nH+]cc3Cl)c3ccc(OC(F)F)c(OCC4CC4)c3)c2)c2ccccc2)C1.[OH-]. The lowest BCUT2D eigenvalue weighted by Crippen LogP contribution is -2.37. The Morgan fingerprint density at radius 3 is 2.33 bits per heavy atom. The van der Waals surface area contributed by atoms with Crippen molar-refractivity contribution in [1.29, 1.82) is 0 Å². The molecule has 3 aromatic carbocycles. The second kappa shape index (κ2) is 18.5. The number of hydrogen-bond acceptors (Lipinski definition) is 10. The highest BCUT2D eigenvalue weighted by atomic mass is 35.5. The number of benzene rings is 3. The third kappa shape index (κ3) is 11.1. The molecule has 1 saturated heterocycles. The number of pyridine rings is 1. The first-order chi connectivity index (χ1) is 25.9. The number of hydrogen-bond donors (Lipinski definition) is 1. The van der Waals surface area contributed by atoms with Crippen molar-refractivity contribution in [2.24, 2.45) is 5.92 Å². The van der Waals surface area contributed by atoms with Gasteiger partial charge < -0.3 is 29.3 Å². The van der Waals surface area contributed by atoms with E-state index in [4.69, 9.17) is 37.4 Å². The largest absolute Gasteiger partial charge is 0.870 e. The monoisotopic (exact) mass is 821 g/mol. The lowest BCUT2D eigenvalue weighted by atomic mass is 10.0. The number of halogens is 4. The Kier molecular flexibility index (Phi) is 14.1. The van der Waals surface area contributed by atoms with Crippen molar-refractivity contribution in [3.8, 4) is 11.5 Å². The summed E-state index contributed by atoms with van der Waals surface area (Å²) in [6.07, 6.45) is 3.96. The van der Waals surface area contributed by atoms with Crippen molar-refractivity contribution in [3.63, 3.8) is 0 Å². The van der Waals surface area contributed by atoms with Crippen molar-refractivity contribution in [1.82, 2.24) is 9.62 Å². The summed E-state index contributed by atoms with van der Waals surface area (Å²) in [7, 11) is -2.52. The number of H-pyrrole nitrogens is 1. The molecule has 0 bridgehead atoms. The van der Waals surface area contributed by atoms with Crippen LogP contribution in [-0.4, -0.2) is 70.2 Å². The Balaban J connectivity index is 0.00000580. The Bertz CT molecular complexity index is 2060. The number of carbonyl (C=O) groups excluding carboxylic acids is 2. The molecule has 1 aromatic heterocycles. The Morgan fingerprint density at radius 2 is 1.67 bits per heavy atom. The Morgan fingerprint density at radius 1 is 0.945 bits per heavy atom. The summed E-state index contributed by atoms with van der Waals surface area (Å²) < 4.78 is 78.8. The number of sulfonamides is 1. The number of esters is 2. The fourth-order valence-corrected chi connectivity index (χ4v) is 7.69. The van der Waals surface area contributed by atoms with Gasteiger partial charge in [-0.3, -0.25) is 0 Å². The third-order valence-corrected chi connectivity index (χ3v) is 11.1. The number of alkyl halides is 2. The lowest BCUT2D eigenvalue weighted by Gasteiger charge is -2.22. The summed E-state index contributed by atoms with van der Waals surface area (Å²) in [6.45, 7) is -1.56. The number of likely N-dealkylation sites (N-methyl/N-ethyl adjacent to an activating group) is 1. The summed E-state index contributed by atoms with van der Waals surface area (Å²) in [5.74, 6) is -1.54. The fraction of sp³-hybridized carbons (Fsp3) is 0.342. The molecule has 3 N–H and O–H groups in total. The molecule has 294 valence electrons. The van der Waals surface area contributed by atoms with E-state index >= 15 is 0 Å². The van der Waals surface area contributed by atoms with E-state index in [-0.39, 0.29) is 50.5 Å². The minimum atomic E-state index is -4.42. The zero-order valence-electron chi connectivity index (χ0n) is 29.5.